The summed E-state index contributed by atoms with van der Waals surface area (Å²) < 4.78 is 12.6. The van der Waals surface area contributed by atoms with E-state index in [1.54, 1.807) is 31.5 Å². The van der Waals surface area contributed by atoms with Crippen LogP contribution in [-0.2, 0) is 14.3 Å². The lowest BCUT2D eigenvalue weighted by molar-refractivity contribution is -0.122. The largest absolute Gasteiger partial charge is 0.383 e. The fraction of sp³-hybridized carbons (Fsp3) is 0.400. The Kier molecular flexibility index (Phi) is 6.47. The Morgan fingerprint density at radius 3 is 3.07 bits per heavy atom. The molecule has 0 unspecified atom stereocenters. The van der Waals surface area contributed by atoms with E-state index in [0.29, 0.717) is 46.0 Å². The quantitative estimate of drug-likeness (QED) is 0.512. The summed E-state index contributed by atoms with van der Waals surface area (Å²) in [5, 5.41) is 3.25. The predicted octanol–water partition coefficient (Wildman–Crippen LogP) is 2.13. The molecule has 8 nitrogen and oxygen atoms in total. The van der Waals surface area contributed by atoms with Crippen molar-refractivity contribution in [2.24, 2.45) is 0 Å². The van der Waals surface area contributed by atoms with Crippen molar-refractivity contribution in [2.45, 2.75) is 18.9 Å². The molecular formula is C20H22N4O4S2. The van der Waals surface area contributed by atoms with E-state index in [1.807, 2.05) is 6.07 Å². The summed E-state index contributed by atoms with van der Waals surface area (Å²) in [7, 11) is 1.57. The van der Waals surface area contributed by atoms with E-state index < -0.39 is 0 Å². The zero-order chi connectivity index (χ0) is 21.1. The first-order chi connectivity index (χ1) is 14.6. The van der Waals surface area contributed by atoms with Crippen LogP contribution >= 0.6 is 24.0 Å². The van der Waals surface area contributed by atoms with Crippen molar-refractivity contribution >= 4 is 51.7 Å². The van der Waals surface area contributed by atoms with Crippen LogP contribution in [0.3, 0.4) is 0 Å². The molecule has 0 saturated carbocycles. The summed E-state index contributed by atoms with van der Waals surface area (Å²) in [4.78, 5) is 32.5. The van der Waals surface area contributed by atoms with Gasteiger partial charge in [-0.3, -0.25) is 18.9 Å². The first kappa shape index (κ1) is 21.0. The highest BCUT2D eigenvalue weighted by Gasteiger charge is 2.32. The molecule has 4 heterocycles. The minimum atomic E-state index is -0.252. The fourth-order valence-electron chi connectivity index (χ4n) is 3.39. The van der Waals surface area contributed by atoms with Crippen LogP contribution in [0, 0.1) is 0 Å². The van der Waals surface area contributed by atoms with Crippen LogP contribution in [0.25, 0.3) is 11.7 Å². The van der Waals surface area contributed by atoms with Gasteiger partial charge in [-0.05, 0) is 31.1 Å². The first-order valence-electron chi connectivity index (χ1n) is 9.69. The maximum atomic E-state index is 13.2. The lowest BCUT2D eigenvalue weighted by atomic mass is 10.2. The molecule has 0 bridgehead atoms. The number of fused-ring (bicyclic) bond motifs is 1. The molecule has 10 heteroatoms. The second kappa shape index (κ2) is 9.25. The molecule has 1 amide bonds. The van der Waals surface area contributed by atoms with Gasteiger partial charge in [-0.2, -0.15) is 0 Å². The third-order valence-corrected chi connectivity index (χ3v) is 6.34. The van der Waals surface area contributed by atoms with Crippen LogP contribution in [0.5, 0.6) is 0 Å². The number of hydrogen-bond acceptors (Lipinski definition) is 8. The van der Waals surface area contributed by atoms with Gasteiger partial charge in [0.2, 0.25) is 0 Å². The van der Waals surface area contributed by atoms with Crippen molar-refractivity contribution in [3.63, 3.8) is 0 Å². The minimum Gasteiger partial charge on any atom is -0.383 e. The van der Waals surface area contributed by atoms with Crippen LogP contribution in [0.15, 0.2) is 34.1 Å². The number of ether oxygens (including phenoxy) is 2. The Hall–Kier alpha value is -2.27. The highest BCUT2D eigenvalue weighted by atomic mass is 32.2. The molecule has 4 rings (SSSR count). The SMILES string of the molecule is COCCN1C(=O)/C(=C/c2c(NC[C@H]3CCCO3)nc3ccccn3c2=O)SC1=S. The van der Waals surface area contributed by atoms with E-state index in [9.17, 15) is 9.59 Å². The summed E-state index contributed by atoms with van der Waals surface area (Å²) in [6, 6.07) is 5.36. The molecule has 2 aliphatic heterocycles. The number of amides is 1. The zero-order valence-corrected chi connectivity index (χ0v) is 18.1. The number of rotatable bonds is 7. The van der Waals surface area contributed by atoms with E-state index in [-0.39, 0.29) is 17.6 Å². The van der Waals surface area contributed by atoms with Gasteiger partial charge in [0.05, 0.1) is 29.7 Å². The summed E-state index contributed by atoms with van der Waals surface area (Å²) in [6.07, 6.45) is 5.32. The van der Waals surface area contributed by atoms with E-state index in [1.165, 1.54) is 21.1 Å². The van der Waals surface area contributed by atoms with Gasteiger partial charge in [0, 0.05) is 26.5 Å². The molecule has 1 atom stereocenters. The first-order valence-corrected chi connectivity index (χ1v) is 10.9. The molecule has 1 N–H and O–H groups in total. The third kappa shape index (κ3) is 4.27. The van der Waals surface area contributed by atoms with Gasteiger partial charge < -0.3 is 14.8 Å². The maximum absolute atomic E-state index is 13.2. The molecule has 0 spiro atoms. The van der Waals surface area contributed by atoms with Crippen molar-refractivity contribution < 1.29 is 14.3 Å². The molecule has 2 saturated heterocycles. The normalized spacial score (nSPS) is 20.6. The van der Waals surface area contributed by atoms with Crippen molar-refractivity contribution in [1.29, 1.82) is 0 Å². The summed E-state index contributed by atoms with van der Waals surface area (Å²) >= 11 is 6.51. The Bertz CT molecular complexity index is 1060. The van der Waals surface area contributed by atoms with Gasteiger partial charge in [0.25, 0.3) is 11.5 Å². The highest BCUT2D eigenvalue weighted by molar-refractivity contribution is 8.26. The van der Waals surface area contributed by atoms with Crippen molar-refractivity contribution in [3.05, 3.63) is 45.2 Å². The number of anilines is 1. The van der Waals surface area contributed by atoms with Gasteiger partial charge >= 0.3 is 0 Å². The third-order valence-electron chi connectivity index (χ3n) is 4.96. The number of nitrogens with zero attached hydrogens (tertiary/aromatic N) is 3. The van der Waals surface area contributed by atoms with Gasteiger partial charge in [-0.15, -0.1) is 0 Å². The zero-order valence-electron chi connectivity index (χ0n) is 16.5. The van der Waals surface area contributed by atoms with E-state index in [4.69, 9.17) is 21.7 Å². The van der Waals surface area contributed by atoms with Gasteiger partial charge in [-0.25, -0.2) is 4.98 Å². The van der Waals surface area contributed by atoms with Gasteiger partial charge in [0.1, 0.15) is 15.8 Å². The number of thiocarbonyl (C=S) groups is 1. The smallest absolute Gasteiger partial charge is 0.267 e. The molecule has 30 heavy (non-hydrogen) atoms. The number of carbonyl (C=O) groups is 1. The Morgan fingerprint density at radius 2 is 2.30 bits per heavy atom. The van der Waals surface area contributed by atoms with E-state index in [2.05, 4.69) is 10.3 Å². The van der Waals surface area contributed by atoms with Crippen molar-refractivity contribution in [2.75, 3.05) is 38.7 Å². The maximum Gasteiger partial charge on any atom is 0.267 e. The fourth-order valence-corrected chi connectivity index (χ4v) is 4.68. The van der Waals surface area contributed by atoms with E-state index >= 15 is 0 Å². The number of aromatic nitrogens is 2. The van der Waals surface area contributed by atoms with Gasteiger partial charge in [-0.1, -0.05) is 30.0 Å². The Morgan fingerprint density at radius 1 is 1.43 bits per heavy atom. The molecule has 2 aliphatic rings. The predicted molar refractivity (Wildman–Crippen MR) is 121 cm³/mol. The molecule has 2 aromatic heterocycles. The van der Waals surface area contributed by atoms with Crippen LogP contribution in [0.2, 0.25) is 0 Å². The monoisotopic (exact) mass is 446 g/mol. The highest BCUT2D eigenvalue weighted by Crippen LogP contribution is 2.32. The molecule has 2 aromatic rings. The lowest BCUT2D eigenvalue weighted by Gasteiger charge is -2.14. The van der Waals surface area contributed by atoms with Crippen LogP contribution in [0.1, 0.15) is 18.4 Å². The second-order valence-corrected chi connectivity index (χ2v) is 8.63. The Balaban J connectivity index is 1.71. The molecule has 158 valence electrons. The summed E-state index contributed by atoms with van der Waals surface area (Å²) in [6.45, 7) is 2.05. The molecule has 0 radical (unpaired) electrons. The minimum absolute atomic E-state index is 0.0844. The lowest BCUT2D eigenvalue weighted by Crippen LogP contribution is -2.31. The summed E-state index contributed by atoms with van der Waals surface area (Å²) in [5.74, 6) is 0.202. The van der Waals surface area contributed by atoms with Crippen molar-refractivity contribution in [3.8, 4) is 0 Å². The molecule has 2 fully saturated rings. The number of nitrogens with one attached hydrogen (secondary N) is 1. The standard InChI is InChI=1S/C20H22N4O4S2/c1-27-10-8-24-19(26)15(30-20(24)29)11-14-17(21-12-13-5-4-9-28-13)22-16-6-2-3-7-23(16)18(14)25/h2-3,6-7,11,13,21H,4-5,8-10,12H2,1H3/b15-11-/t13-/m1/s1. The topological polar surface area (TPSA) is 85.2 Å². The van der Waals surface area contributed by atoms with Crippen LogP contribution < -0.4 is 10.9 Å². The number of hydrogen-bond donors (Lipinski definition) is 1. The molecular weight excluding hydrogens is 424 g/mol. The average Bonchev–Trinajstić information content (AvgIpc) is 3.36. The Labute approximate surface area is 183 Å². The second-order valence-electron chi connectivity index (χ2n) is 6.95. The number of carbonyl (C=O) groups excluding carboxylic acids is 1. The molecule has 0 aromatic carbocycles. The number of thioether (sulfide) groups is 1. The van der Waals surface area contributed by atoms with E-state index in [0.717, 1.165) is 19.4 Å². The number of methoxy groups -OCH3 is 1. The number of pyridine rings is 1. The molecule has 0 aliphatic carbocycles. The van der Waals surface area contributed by atoms with Crippen molar-refractivity contribution in [1.82, 2.24) is 14.3 Å². The van der Waals surface area contributed by atoms with Crippen LogP contribution in [-0.4, -0.2) is 64.0 Å². The summed E-state index contributed by atoms with van der Waals surface area (Å²) in [5.41, 5.74) is 0.601. The average molecular weight is 447 g/mol. The van der Waals surface area contributed by atoms with Gasteiger partial charge in [0.15, 0.2) is 0 Å². The van der Waals surface area contributed by atoms with Crippen LogP contribution in [0.4, 0.5) is 5.82 Å².